The van der Waals surface area contributed by atoms with E-state index in [-0.39, 0.29) is 16.8 Å². The monoisotopic (exact) mass is 287 g/mol. The Kier molecular flexibility index (Phi) is 5.93. The number of rotatable bonds is 7. The minimum Gasteiger partial charge on any atom is -0.370 e. The van der Waals surface area contributed by atoms with E-state index in [2.05, 4.69) is 4.98 Å². The Hall–Kier alpha value is -1.28. The standard InChI is InChI=1S/C10H13N3O3S2/c1-7(2-4-9(11)14)17-18-10-5-3-8(6-12-10)13(15)16/h3,5-7H,2,4H2,1H3,(H2,11,14). The van der Waals surface area contributed by atoms with Crippen molar-refractivity contribution in [3.63, 3.8) is 0 Å². The first kappa shape index (κ1) is 14.8. The van der Waals surface area contributed by atoms with Crippen molar-refractivity contribution in [2.75, 3.05) is 0 Å². The number of primary amides is 1. The van der Waals surface area contributed by atoms with E-state index >= 15 is 0 Å². The van der Waals surface area contributed by atoms with Gasteiger partial charge in [0.1, 0.15) is 11.2 Å². The SMILES string of the molecule is CC(CCC(N)=O)SSc1ccc([N+](=O)[O-])cn1. The van der Waals surface area contributed by atoms with Gasteiger partial charge in [-0.1, -0.05) is 17.7 Å². The molecule has 0 aliphatic heterocycles. The van der Waals surface area contributed by atoms with E-state index < -0.39 is 4.92 Å². The average molecular weight is 287 g/mol. The molecule has 1 rings (SSSR count). The van der Waals surface area contributed by atoms with Crippen LogP contribution >= 0.6 is 21.6 Å². The number of pyridine rings is 1. The van der Waals surface area contributed by atoms with Crippen LogP contribution in [0.2, 0.25) is 0 Å². The zero-order valence-electron chi connectivity index (χ0n) is 9.74. The highest BCUT2D eigenvalue weighted by molar-refractivity contribution is 8.76. The van der Waals surface area contributed by atoms with Gasteiger partial charge in [0.05, 0.1) is 4.92 Å². The second kappa shape index (κ2) is 7.22. The quantitative estimate of drug-likeness (QED) is 0.469. The van der Waals surface area contributed by atoms with E-state index in [0.29, 0.717) is 17.9 Å². The minimum atomic E-state index is -0.482. The van der Waals surface area contributed by atoms with E-state index in [0.717, 1.165) is 0 Å². The van der Waals surface area contributed by atoms with E-state index in [1.807, 2.05) is 6.92 Å². The lowest BCUT2D eigenvalue weighted by Gasteiger charge is -2.08. The molecule has 1 heterocycles. The van der Waals surface area contributed by atoms with Crippen LogP contribution in [0, 0.1) is 10.1 Å². The van der Waals surface area contributed by atoms with Crippen LogP contribution in [0.5, 0.6) is 0 Å². The fourth-order valence-corrected chi connectivity index (χ4v) is 3.12. The van der Waals surface area contributed by atoms with Crippen LogP contribution in [0.4, 0.5) is 5.69 Å². The number of hydrogen-bond donors (Lipinski definition) is 1. The van der Waals surface area contributed by atoms with Crippen molar-refractivity contribution in [2.45, 2.75) is 30.0 Å². The predicted octanol–water partition coefficient (Wildman–Crippen LogP) is 2.38. The Morgan fingerprint density at radius 2 is 2.33 bits per heavy atom. The molecule has 6 nitrogen and oxygen atoms in total. The minimum absolute atomic E-state index is 0.0221. The third-order valence-electron chi connectivity index (χ3n) is 2.03. The van der Waals surface area contributed by atoms with Crippen LogP contribution in [0.15, 0.2) is 23.4 Å². The summed E-state index contributed by atoms with van der Waals surface area (Å²) in [5.41, 5.74) is 5.04. The lowest BCUT2D eigenvalue weighted by atomic mass is 10.2. The molecule has 1 amide bonds. The van der Waals surface area contributed by atoms with Crippen LogP contribution in [-0.4, -0.2) is 21.1 Å². The maximum Gasteiger partial charge on any atom is 0.287 e. The summed E-state index contributed by atoms with van der Waals surface area (Å²) < 4.78 is 0. The molecule has 8 heteroatoms. The van der Waals surface area contributed by atoms with Crippen molar-refractivity contribution in [3.8, 4) is 0 Å². The summed E-state index contributed by atoms with van der Waals surface area (Å²) in [6.45, 7) is 1.99. The highest BCUT2D eigenvalue weighted by Crippen LogP contribution is 2.35. The zero-order chi connectivity index (χ0) is 13.5. The number of nitro groups is 1. The molecule has 0 saturated carbocycles. The van der Waals surface area contributed by atoms with Gasteiger partial charge in [-0.05, 0) is 23.3 Å². The lowest BCUT2D eigenvalue weighted by molar-refractivity contribution is -0.385. The number of carbonyl (C=O) groups is 1. The van der Waals surface area contributed by atoms with Gasteiger partial charge in [-0.15, -0.1) is 0 Å². The van der Waals surface area contributed by atoms with Gasteiger partial charge >= 0.3 is 0 Å². The second-order valence-electron chi connectivity index (χ2n) is 3.61. The Balaban J connectivity index is 2.39. The number of nitrogens with zero attached hydrogens (tertiary/aromatic N) is 2. The highest BCUT2D eigenvalue weighted by atomic mass is 33.1. The first-order chi connectivity index (χ1) is 8.49. The molecule has 1 unspecified atom stereocenters. The maximum absolute atomic E-state index is 10.6. The molecule has 0 radical (unpaired) electrons. The first-order valence-corrected chi connectivity index (χ1v) is 7.42. The molecule has 98 valence electrons. The fourth-order valence-electron chi connectivity index (χ4n) is 1.05. The van der Waals surface area contributed by atoms with Gasteiger partial charge in [-0.3, -0.25) is 14.9 Å². The molecule has 0 bridgehead atoms. The summed E-state index contributed by atoms with van der Waals surface area (Å²) in [7, 11) is 2.99. The summed E-state index contributed by atoms with van der Waals surface area (Å²) in [5, 5.41) is 11.4. The van der Waals surface area contributed by atoms with Gasteiger partial charge in [0.2, 0.25) is 5.91 Å². The van der Waals surface area contributed by atoms with E-state index in [4.69, 9.17) is 5.73 Å². The van der Waals surface area contributed by atoms with Crippen LogP contribution in [0.25, 0.3) is 0 Å². The molecule has 0 aliphatic carbocycles. The van der Waals surface area contributed by atoms with Gasteiger partial charge in [0.15, 0.2) is 0 Å². The number of aromatic nitrogens is 1. The number of hydrogen-bond acceptors (Lipinski definition) is 6. The van der Waals surface area contributed by atoms with Gasteiger partial charge in [0.25, 0.3) is 5.69 Å². The fraction of sp³-hybridized carbons (Fsp3) is 0.400. The predicted molar refractivity (Wildman–Crippen MR) is 72.2 cm³/mol. The molecule has 2 N–H and O–H groups in total. The van der Waals surface area contributed by atoms with E-state index in [1.165, 1.54) is 23.1 Å². The van der Waals surface area contributed by atoms with Gasteiger partial charge in [-0.2, -0.15) is 0 Å². The van der Waals surface area contributed by atoms with E-state index in [1.54, 1.807) is 16.9 Å². The molecule has 0 fully saturated rings. The lowest BCUT2D eigenvalue weighted by Crippen LogP contribution is -2.12. The summed E-state index contributed by atoms with van der Waals surface area (Å²) in [4.78, 5) is 24.5. The Labute approximate surface area is 112 Å². The zero-order valence-corrected chi connectivity index (χ0v) is 11.4. The van der Waals surface area contributed by atoms with Crippen LogP contribution in [0.1, 0.15) is 19.8 Å². The smallest absolute Gasteiger partial charge is 0.287 e. The first-order valence-electron chi connectivity index (χ1n) is 5.21. The molecular weight excluding hydrogens is 274 g/mol. The average Bonchev–Trinajstić information content (AvgIpc) is 2.34. The van der Waals surface area contributed by atoms with Crippen LogP contribution in [-0.2, 0) is 4.79 Å². The molecular formula is C10H13N3O3S2. The summed E-state index contributed by atoms with van der Waals surface area (Å²) in [5.74, 6) is -0.305. The Morgan fingerprint density at radius 1 is 1.61 bits per heavy atom. The largest absolute Gasteiger partial charge is 0.370 e. The van der Waals surface area contributed by atoms with Crippen LogP contribution in [0.3, 0.4) is 0 Å². The van der Waals surface area contributed by atoms with Crippen molar-refractivity contribution in [1.82, 2.24) is 4.98 Å². The maximum atomic E-state index is 10.6. The Morgan fingerprint density at radius 3 is 2.83 bits per heavy atom. The Bertz CT molecular complexity index is 425. The number of nitrogens with two attached hydrogens (primary N) is 1. The number of carbonyl (C=O) groups excluding carboxylic acids is 1. The third-order valence-corrected chi connectivity index (χ3v) is 4.89. The second-order valence-corrected chi connectivity index (χ2v) is 6.27. The topological polar surface area (TPSA) is 99.1 Å². The normalized spacial score (nSPS) is 12.1. The molecule has 0 aromatic carbocycles. The summed E-state index contributed by atoms with van der Waals surface area (Å²) in [6.07, 6.45) is 2.30. The van der Waals surface area contributed by atoms with Crippen molar-refractivity contribution < 1.29 is 9.72 Å². The van der Waals surface area contributed by atoms with Gasteiger partial charge < -0.3 is 5.73 Å². The van der Waals surface area contributed by atoms with Crippen molar-refractivity contribution in [3.05, 3.63) is 28.4 Å². The molecule has 0 saturated heterocycles. The van der Waals surface area contributed by atoms with Gasteiger partial charge in [-0.25, -0.2) is 4.98 Å². The molecule has 1 aromatic heterocycles. The molecule has 1 aromatic rings. The molecule has 1 atom stereocenters. The van der Waals surface area contributed by atoms with Crippen molar-refractivity contribution in [2.24, 2.45) is 5.73 Å². The van der Waals surface area contributed by atoms with E-state index in [9.17, 15) is 14.9 Å². The number of amides is 1. The summed E-state index contributed by atoms with van der Waals surface area (Å²) in [6, 6.07) is 3.03. The molecule has 18 heavy (non-hydrogen) atoms. The summed E-state index contributed by atoms with van der Waals surface area (Å²) >= 11 is 0. The van der Waals surface area contributed by atoms with Crippen molar-refractivity contribution >= 4 is 33.2 Å². The highest BCUT2D eigenvalue weighted by Gasteiger charge is 2.09. The molecule has 0 spiro atoms. The van der Waals surface area contributed by atoms with Crippen molar-refractivity contribution in [1.29, 1.82) is 0 Å². The van der Waals surface area contributed by atoms with Gasteiger partial charge in [0, 0.05) is 17.7 Å². The van der Waals surface area contributed by atoms with Crippen LogP contribution < -0.4 is 5.73 Å². The molecule has 0 aliphatic rings. The third kappa shape index (κ3) is 5.37.